The molecule has 0 saturated carbocycles. The molecule has 140 valence electrons. The molecular formula is C20H21N3O4. The number of nitrogens with zero attached hydrogens (tertiary/aromatic N) is 2. The van der Waals surface area contributed by atoms with Gasteiger partial charge in [0, 0.05) is 43.9 Å². The molecule has 2 bridgehead atoms. The van der Waals surface area contributed by atoms with Crippen molar-refractivity contribution < 1.29 is 14.3 Å². The van der Waals surface area contributed by atoms with E-state index in [-0.39, 0.29) is 24.3 Å². The molecule has 1 N–H and O–H groups in total. The summed E-state index contributed by atoms with van der Waals surface area (Å²) >= 11 is 0. The molecule has 0 spiro atoms. The molecule has 0 aliphatic carbocycles. The van der Waals surface area contributed by atoms with Crippen molar-refractivity contribution in [2.75, 3.05) is 19.9 Å². The van der Waals surface area contributed by atoms with Crippen molar-refractivity contribution in [3.05, 3.63) is 58.0 Å². The molecule has 1 saturated heterocycles. The van der Waals surface area contributed by atoms with Gasteiger partial charge in [0.05, 0.1) is 0 Å². The van der Waals surface area contributed by atoms with Gasteiger partial charge in [0.15, 0.2) is 11.5 Å². The van der Waals surface area contributed by atoms with Crippen LogP contribution in [-0.2, 0) is 13.1 Å². The lowest BCUT2D eigenvalue weighted by molar-refractivity contribution is 0.131. The Bertz CT molecular complexity index is 954. The number of piperidine rings is 1. The second-order valence-electron chi connectivity index (χ2n) is 7.45. The molecule has 27 heavy (non-hydrogen) atoms. The minimum atomic E-state index is -0.0610. The lowest BCUT2D eigenvalue weighted by Crippen LogP contribution is -2.51. The molecule has 1 aromatic heterocycles. The van der Waals surface area contributed by atoms with Crippen molar-refractivity contribution in [1.29, 1.82) is 0 Å². The number of amides is 2. The molecule has 3 aliphatic heterocycles. The molecule has 0 unspecified atom stereocenters. The van der Waals surface area contributed by atoms with Gasteiger partial charge < -0.3 is 24.3 Å². The normalized spacial score (nSPS) is 22.3. The molecule has 2 aromatic rings. The van der Waals surface area contributed by atoms with Crippen LogP contribution in [0.25, 0.3) is 0 Å². The van der Waals surface area contributed by atoms with Crippen molar-refractivity contribution in [3.63, 3.8) is 0 Å². The topological polar surface area (TPSA) is 72.8 Å². The predicted molar refractivity (Wildman–Crippen MR) is 97.9 cm³/mol. The second-order valence-corrected chi connectivity index (χ2v) is 7.45. The zero-order valence-corrected chi connectivity index (χ0v) is 14.9. The lowest BCUT2D eigenvalue weighted by Gasteiger charge is -2.42. The number of carbonyl (C=O) groups excluding carboxylic acids is 1. The van der Waals surface area contributed by atoms with Crippen molar-refractivity contribution in [2.45, 2.75) is 25.4 Å². The molecule has 1 aromatic carbocycles. The number of likely N-dealkylation sites (tertiary alicyclic amines) is 1. The van der Waals surface area contributed by atoms with E-state index in [2.05, 4.69) is 5.32 Å². The van der Waals surface area contributed by atoms with Crippen LogP contribution < -0.4 is 20.3 Å². The SMILES string of the molecule is O=C(NCc1ccc2c(c1)OCO2)N1C[C@H]2C[C@@H](C1)c1cccc(=O)n1C2. The summed E-state index contributed by atoms with van der Waals surface area (Å²) in [4.78, 5) is 26.7. The molecule has 2 atom stereocenters. The molecule has 7 nitrogen and oxygen atoms in total. The highest BCUT2D eigenvalue weighted by molar-refractivity contribution is 5.74. The molecule has 4 heterocycles. The number of urea groups is 1. The number of carbonyl (C=O) groups is 1. The third-order valence-electron chi connectivity index (χ3n) is 5.65. The van der Waals surface area contributed by atoms with Crippen LogP contribution in [0.5, 0.6) is 11.5 Å². The molecule has 5 rings (SSSR count). The van der Waals surface area contributed by atoms with Crippen LogP contribution in [0, 0.1) is 5.92 Å². The van der Waals surface area contributed by atoms with E-state index in [1.807, 2.05) is 39.8 Å². The highest BCUT2D eigenvalue weighted by atomic mass is 16.7. The number of hydrogen-bond donors (Lipinski definition) is 1. The van der Waals surface area contributed by atoms with Crippen molar-refractivity contribution in [1.82, 2.24) is 14.8 Å². The van der Waals surface area contributed by atoms with E-state index in [4.69, 9.17) is 9.47 Å². The number of fused-ring (bicyclic) bond motifs is 5. The lowest BCUT2D eigenvalue weighted by atomic mass is 9.83. The summed E-state index contributed by atoms with van der Waals surface area (Å²) in [6.07, 6.45) is 1.04. The Hall–Kier alpha value is -2.96. The van der Waals surface area contributed by atoms with Gasteiger partial charge in [0.1, 0.15) is 0 Å². The summed E-state index contributed by atoms with van der Waals surface area (Å²) < 4.78 is 12.6. The number of benzene rings is 1. The average molecular weight is 367 g/mol. The summed E-state index contributed by atoms with van der Waals surface area (Å²) in [5, 5.41) is 3.01. The van der Waals surface area contributed by atoms with E-state index in [0.717, 1.165) is 29.2 Å². The van der Waals surface area contributed by atoms with Crippen LogP contribution in [0.15, 0.2) is 41.2 Å². The highest BCUT2D eigenvalue weighted by Crippen LogP contribution is 2.35. The van der Waals surface area contributed by atoms with Crippen LogP contribution >= 0.6 is 0 Å². The van der Waals surface area contributed by atoms with Gasteiger partial charge in [-0.2, -0.15) is 0 Å². The minimum Gasteiger partial charge on any atom is -0.454 e. The molecule has 1 fully saturated rings. The maximum atomic E-state index is 12.7. The van der Waals surface area contributed by atoms with E-state index in [1.165, 1.54) is 0 Å². The van der Waals surface area contributed by atoms with Crippen LogP contribution in [0.1, 0.15) is 23.6 Å². The van der Waals surface area contributed by atoms with E-state index < -0.39 is 0 Å². The van der Waals surface area contributed by atoms with Gasteiger partial charge in [-0.1, -0.05) is 12.1 Å². The smallest absolute Gasteiger partial charge is 0.317 e. The van der Waals surface area contributed by atoms with Gasteiger partial charge in [0.2, 0.25) is 6.79 Å². The third-order valence-corrected chi connectivity index (χ3v) is 5.65. The molecule has 0 radical (unpaired) electrons. The quantitative estimate of drug-likeness (QED) is 0.880. The zero-order valence-electron chi connectivity index (χ0n) is 14.9. The van der Waals surface area contributed by atoms with Gasteiger partial charge in [0.25, 0.3) is 5.56 Å². The van der Waals surface area contributed by atoms with Crippen LogP contribution in [0.2, 0.25) is 0 Å². The van der Waals surface area contributed by atoms with E-state index >= 15 is 0 Å². The highest BCUT2D eigenvalue weighted by Gasteiger charge is 2.36. The maximum absolute atomic E-state index is 12.7. The van der Waals surface area contributed by atoms with E-state index in [0.29, 0.717) is 32.1 Å². The number of aromatic nitrogens is 1. The first-order chi connectivity index (χ1) is 13.2. The second kappa shape index (κ2) is 6.33. The monoisotopic (exact) mass is 367 g/mol. The van der Waals surface area contributed by atoms with Crippen LogP contribution in [-0.4, -0.2) is 35.4 Å². The fourth-order valence-electron chi connectivity index (χ4n) is 4.40. The van der Waals surface area contributed by atoms with Gasteiger partial charge in [-0.05, 0) is 36.1 Å². The number of nitrogens with one attached hydrogen (secondary N) is 1. The first-order valence-electron chi connectivity index (χ1n) is 9.28. The Balaban J connectivity index is 1.26. The first-order valence-corrected chi connectivity index (χ1v) is 9.28. The minimum absolute atomic E-state index is 0.0582. The van der Waals surface area contributed by atoms with Crippen LogP contribution in [0.3, 0.4) is 0 Å². The number of pyridine rings is 1. The van der Waals surface area contributed by atoms with Crippen LogP contribution in [0.4, 0.5) is 4.79 Å². The Kier molecular flexibility index (Phi) is 3.81. The van der Waals surface area contributed by atoms with Gasteiger partial charge in [-0.15, -0.1) is 0 Å². The Labute approximate surface area is 156 Å². The summed E-state index contributed by atoms with van der Waals surface area (Å²) in [7, 11) is 0. The number of rotatable bonds is 2. The number of hydrogen-bond acceptors (Lipinski definition) is 4. The van der Waals surface area contributed by atoms with Gasteiger partial charge >= 0.3 is 6.03 Å². The van der Waals surface area contributed by atoms with E-state index in [1.54, 1.807) is 6.07 Å². The zero-order chi connectivity index (χ0) is 18.4. The molecule has 7 heteroatoms. The summed E-state index contributed by atoms with van der Waals surface area (Å²) in [6.45, 7) is 2.71. The standard InChI is InChI=1S/C20H21N3O4/c24-19-3-1-2-16-15-6-14(10-23(16)19)9-22(11-15)20(25)21-8-13-4-5-17-18(7-13)27-12-26-17/h1-5,7,14-15H,6,8-12H2,(H,21,25)/t14-,15+/m1/s1. The van der Waals surface area contributed by atoms with Crippen molar-refractivity contribution in [3.8, 4) is 11.5 Å². The molecule has 2 amide bonds. The third kappa shape index (κ3) is 2.93. The Morgan fingerprint density at radius 2 is 2.00 bits per heavy atom. The summed E-state index contributed by atoms with van der Waals surface area (Å²) in [5.74, 6) is 2.01. The molecule has 3 aliphatic rings. The number of ether oxygens (including phenoxy) is 2. The van der Waals surface area contributed by atoms with Crippen molar-refractivity contribution in [2.24, 2.45) is 5.92 Å². The first kappa shape index (κ1) is 16.2. The predicted octanol–water partition coefficient (Wildman–Crippen LogP) is 1.91. The van der Waals surface area contributed by atoms with E-state index in [9.17, 15) is 9.59 Å². The fraction of sp³-hybridized carbons (Fsp3) is 0.400. The van der Waals surface area contributed by atoms with Crippen molar-refractivity contribution >= 4 is 6.03 Å². The fourth-order valence-corrected chi connectivity index (χ4v) is 4.40. The van der Waals surface area contributed by atoms with Gasteiger partial charge in [-0.3, -0.25) is 4.79 Å². The Morgan fingerprint density at radius 3 is 2.93 bits per heavy atom. The largest absolute Gasteiger partial charge is 0.454 e. The molecular weight excluding hydrogens is 346 g/mol. The summed E-state index contributed by atoms with van der Waals surface area (Å²) in [6, 6.07) is 11.1. The Morgan fingerprint density at radius 1 is 1.11 bits per heavy atom. The maximum Gasteiger partial charge on any atom is 0.317 e. The summed E-state index contributed by atoms with van der Waals surface area (Å²) in [5.41, 5.74) is 2.08. The van der Waals surface area contributed by atoms with Gasteiger partial charge in [-0.25, -0.2) is 4.79 Å². The average Bonchev–Trinajstić information content (AvgIpc) is 3.14.